The number of rotatable bonds is 2. The highest BCUT2D eigenvalue weighted by Gasteiger charge is 2.14. The summed E-state index contributed by atoms with van der Waals surface area (Å²) in [6.45, 7) is 1.60. The van der Waals surface area contributed by atoms with Crippen molar-refractivity contribution in [1.82, 2.24) is 0 Å². The number of hydrogen-bond acceptors (Lipinski definition) is 3. The molecule has 0 aromatic heterocycles. The number of nitro groups is 1. The van der Waals surface area contributed by atoms with Crippen LogP contribution in [0.25, 0.3) is 0 Å². The summed E-state index contributed by atoms with van der Waals surface area (Å²) in [7, 11) is 0. The number of non-ortho nitro benzene ring substituents is 1. The van der Waals surface area contributed by atoms with E-state index in [1.54, 1.807) is 19.1 Å². The average molecular weight is 195 g/mol. The van der Waals surface area contributed by atoms with Crippen LogP contribution in [0.3, 0.4) is 0 Å². The van der Waals surface area contributed by atoms with Gasteiger partial charge >= 0.3 is 5.97 Å². The van der Waals surface area contributed by atoms with Gasteiger partial charge in [-0.15, -0.1) is 0 Å². The van der Waals surface area contributed by atoms with Gasteiger partial charge in [-0.2, -0.15) is 0 Å². The molecule has 0 aromatic rings. The third-order valence-corrected chi connectivity index (χ3v) is 1.81. The number of hydrogen-bond donors (Lipinski definition) is 1. The van der Waals surface area contributed by atoms with Crippen LogP contribution in [0, 0.1) is 20.6 Å². The molecule has 14 heavy (non-hydrogen) atoms. The summed E-state index contributed by atoms with van der Waals surface area (Å²) >= 11 is 0. The molecule has 0 saturated carbocycles. The molecule has 5 nitrogen and oxygen atoms in total. The van der Waals surface area contributed by atoms with E-state index in [9.17, 15) is 14.9 Å². The summed E-state index contributed by atoms with van der Waals surface area (Å²) in [5.41, 5.74) is 0.257. The molecule has 0 aliphatic heterocycles. The Morgan fingerprint density at radius 3 is 2.21 bits per heavy atom. The van der Waals surface area contributed by atoms with Crippen molar-refractivity contribution in [3.8, 4) is 0 Å². The molecule has 0 spiro atoms. The fraction of sp³-hybridized carbons (Fsp3) is 0.222. The first-order valence-corrected chi connectivity index (χ1v) is 4.07. The lowest BCUT2D eigenvalue weighted by Gasteiger charge is -2.01. The fourth-order valence-corrected chi connectivity index (χ4v) is 0.920. The molecule has 2 rings (SSSR count). The second-order valence-electron chi connectivity index (χ2n) is 2.74. The minimum absolute atomic E-state index is 0.222. The minimum Gasteiger partial charge on any atom is -0.481 e. The molecule has 0 unspecified atom stereocenters. The third kappa shape index (κ3) is 1.87. The van der Waals surface area contributed by atoms with E-state index in [-0.39, 0.29) is 17.0 Å². The fourth-order valence-electron chi connectivity index (χ4n) is 0.920. The first kappa shape index (κ1) is 10.2. The Morgan fingerprint density at radius 2 is 2.14 bits per heavy atom. The van der Waals surface area contributed by atoms with Crippen LogP contribution in [0.5, 0.6) is 0 Å². The smallest absolute Gasteiger partial charge is 0.303 e. The van der Waals surface area contributed by atoms with Crippen molar-refractivity contribution in [3.05, 3.63) is 38.8 Å². The van der Waals surface area contributed by atoms with Crippen LogP contribution in [0.2, 0.25) is 0 Å². The van der Waals surface area contributed by atoms with Crippen LogP contribution in [-0.4, -0.2) is 16.0 Å². The lowest BCUT2D eigenvalue weighted by atomic mass is 10.1. The molecule has 0 heterocycles. The highest BCUT2D eigenvalue weighted by Crippen LogP contribution is 2.22. The number of benzene rings is 1. The largest absolute Gasteiger partial charge is 0.481 e. The lowest BCUT2D eigenvalue weighted by Crippen LogP contribution is -1.96. The van der Waals surface area contributed by atoms with Gasteiger partial charge in [0, 0.05) is 12.5 Å². The molecule has 0 atom stereocenters. The maximum atomic E-state index is 10.0. The van der Waals surface area contributed by atoms with Crippen molar-refractivity contribution in [3.63, 3.8) is 0 Å². The Morgan fingerprint density at radius 1 is 1.57 bits per heavy atom. The Kier molecular flexibility index (Phi) is 2.81. The molecule has 2 aliphatic rings. The van der Waals surface area contributed by atoms with Gasteiger partial charge in [0.1, 0.15) is 0 Å². The van der Waals surface area contributed by atoms with E-state index in [0.29, 0.717) is 0 Å². The highest BCUT2D eigenvalue weighted by atomic mass is 16.6. The van der Waals surface area contributed by atoms with E-state index >= 15 is 0 Å². The molecule has 74 valence electrons. The van der Waals surface area contributed by atoms with Crippen molar-refractivity contribution < 1.29 is 14.8 Å². The molecule has 0 bridgehead atoms. The van der Waals surface area contributed by atoms with Gasteiger partial charge in [-0.3, -0.25) is 14.9 Å². The molecule has 0 amide bonds. The van der Waals surface area contributed by atoms with Crippen LogP contribution >= 0.6 is 0 Å². The van der Waals surface area contributed by atoms with Gasteiger partial charge in [-0.05, 0) is 11.3 Å². The van der Waals surface area contributed by atoms with E-state index in [4.69, 9.17) is 5.11 Å². The summed E-state index contributed by atoms with van der Waals surface area (Å²) in [5, 5.41) is 19.6. The maximum Gasteiger partial charge on any atom is 0.303 e. The highest BCUT2D eigenvalue weighted by molar-refractivity contribution is 5.66. The Labute approximate surface area is 79.4 Å². The van der Waals surface area contributed by atoms with Gasteiger partial charge < -0.3 is 5.11 Å². The second-order valence-corrected chi connectivity index (χ2v) is 2.74. The van der Waals surface area contributed by atoms with E-state index < -0.39 is 5.97 Å². The number of nitro benzene ring substituents is 1. The zero-order chi connectivity index (χ0) is 10.7. The lowest BCUT2D eigenvalue weighted by molar-refractivity contribution is -0.386. The van der Waals surface area contributed by atoms with Gasteiger partial charge in [0.2, 0.25) is 0 Å². The predicted octanol–water partition coefficient (Wildman–Crippen LogP) is 1.68. The van der Waals surface area contributed by atoms with Crippen LogP contribution in [-0.2, 0) is 4.79 Å². The van der Waals surface area contributed by atoms with Crippen molar-refractivity contribution in [2.45, 2.75) is 13.3 Å². The third-order valence-electron chi connectivity index (χ3n) is 1.81. The van der Waals surface area contributed by atoms with Gasteiger partial charge in [0.05, 0.1) is 10.1 Å². The first-order chi connectivity index (χ1) is 6.56. The Balaban J connectivity index is 0.000000171. The summed E-state index contributed by atoms with van der Waals surface area (Å²) in [5.74, 6) is -0.745. The zero-order valence-electron chi connectivity index (χ0n) is 7.56. The topological polar surface area (TPSA) is 80.4 Å². The second kappa shape index (κ2) is 3.87. The quantitative estimate of drug-likeness (QED) is 0.583. The van der Waals surface area contributed by atoms with Gasteiger partial charge in [0.15, 0.2) is 0 Å². The Bertz CT molecular complexity index is 466. The average Bonchev–Trinajstić information content (AvgIpc) is 2.10. The van der Waals surface area contributed by atoms with Crippen molar-refractivity contribution >= 4 is 11.7 Å². The number of nitrogens with zero attached hydrogens (tertiary/aromatic N) is 1. The number of aliphatic carboxylic acids is 1. The molecule has 0 aromatic carbocycles. The van der Waals surface area contributed by atoms with E-state index in [2.05, 4.69) is 0 Å². The molecular weight excluding hydrogens is 186 g/mol. The normalized spacial score (nSPS) is 9.79. The van der Waals surface area contributed by atoms with Crippen LogP contribution in [0.15, 0.2) is 18.2 Å². The van der Waals surface area contributed by atoms with E-state index in [0.717, 1.165) is 10.4 Å². The van der Waals surface area contributed by atoms with E-state index in [1.807, 2.05) is 6.07 Å². The predicted molar refractivity (Wildman–Crippen MR) is 48.7 cm³/mol. The van der Waals surface area contributed by atoms with Gasteiger partial charge in [0.25, 0.3) is 5.69 Å². The van der Waals surface area contributed by atoms with Crippen molar-refractivity contribution in [2.75, 3.05) is 0 Å². The molecule has 1 N–H and O–H groups in total. The minimum atomic E-state index is -0.745. The molecule has 5 heteroatoms. The van der Waals surface area contributed by atoms with Gasteiger partial charge in [-0.25, -0.2) is 0 Å². The van der Waals surface area contributed by atoms with Crippen molar-refractivity contribution in [2.24, 2.45) is 0 Å². The number of carbonyl (C=O) groups is 1. The zero-order valence-corrected chi connectivity index (χ0v) is 7.56. The molecular formula is C9H9NO4. The standard InChI is InChI=1S/C6H3NO2.C3H6O2/c8-7(9)6-3-4-1-2-5(4)6;1-2-3(4)5/h1-3H;2H2,1H3,(H,4,5). The van der Waals surface area contributed by atoms with Gasteiger partial charge in [-0.1, -0.05) is 13.0 Å². The number of carboxylic acids is 1. The summed E-state index contributed by atoms with van der Waals surface area (Å²) in [6, 6.07) is 5.20. The molecule has 0 radical (unpaired) electrons. The summed E-state index contributed by atoms with van der Waals surface area (Å²) in [6.07, 6.45) is 0.222. The SMILES string of the molecule is CCC(=O)O.O=[N+]([O-])c1cc2ccc1=2. The molecule has 0 fully saturated rings. The first-order valence-electron chi connectivity index (χ1n) is 4.07. The maximum absolute atomic E-state index is 10.0. The summed E-state index contributed by atoms with van der Waals surface area (Å²) in [4.78, 5) is 19.0. The van der Waals surface area contributed by atoms with Crippen LogP contribution in [0.4, 0.5) is 5.69 Å². The summed E-state index contributed by atoms with van der Waals surface area (Å²) < 4.78 is 0. The van der Waals surface area contributed by atoms with Crippen LogP contribution in [0.1, 0.15) is 13.3 Å². The Hall–Kier alpha value is -1.91. The molecule has 0 saturated heterocycles. The van der Waals surface area contributed by atoms with E-state index in [1.165, 1.54) is 0 Å². The van der Waals surface area contributed by atoms with Crippen molar-refractivity contribution in [1.29, 1.82) is 0 Å². The molecule has 2 aliphatic carbocycles. The van der Waals surface area contributed by atoms with Crippen LogP contribution < -0.4 is 0 Å². The number of carboxylic acid groups (broad SMARTS) is 1. The monoisotopic (exact) mass is 195 g/mol.